The van der Waals surface area contributed by atoms with E-state index in [0.29, 0.717) is 34.4 Å². The van der Waals surface area contributed by atoms with Gasteiger partial charge in [0.05, 0.1) is 24.7 Å². The van der Waals surface area contributed by atoms with Crippen LogP contribution in [0.5, 0.6) is 5.75 Å². The zero-order valence-electron chi connectivity index (χ0n) is 35.1. The lowest BCUT2D eigenvalue weighted by molar-refractivity contribution is -0.190. The van der Waals surface area contributed by atoms with Crippen LogP contribution in [0.3, 0.4) is 0 Å². The summed E-state index contributed by atoms with van der Waals surface area (Å²) in [7, 11) is 0. The van der Waals surface area contributed by atoms with Gasteiger partial charge in [-0.3, -0.25) is 0 Å². The number of halogens is 2. The minimum atomic E-state index is -3.65. The van der Waals surface area contributed by atoms with Crippen molar-refractivity contribution in [3.63, 3.8) is 0 Å². The fourth-order valence-corrected chi connectivity index (χ4v) is 6.51. The third-order valence-corrected chi connectivity index (χ3v) is 9.00. The summed E-state index contributed by atoms with van der Waals surface area (Å²) in [6.07, 6.45) is -0.107. The van der Waals surface area contributed by atoms with Gasteiger partial charge in [0.15, 0.2) is 0 Å². The fraction of sp³-hybridized carbons (Fsp3) is 0.371. The van der Waals surface area contributed by atoms with Crippen LogP contribution < -0.4 is 20.2 Å². The van der Waals surface area contributed by atoms with E-state index >= 15 is 0 Å². The molecule has 0 spiro atoms. The molecular weight excluding hydrogens is 667 g/mol. The van der Waals surface area contributed by atoms with E-state index < -0.39 is 43.7 Å². The molecule has 0 saturated carbocycles. The summed E-state index contributed by atoms with van der Waals surface area (Å²) in [6.45, 7) is -3.58. The van der Waals surface area contributed by atoms with Gasteiger partial charge in [-0.25, -0.2) is 23.7 Å². The van der Waals surface area contributed by atoms with Crippen LogP contribution in [-0.2, 0) is 21.8 Å². The van der Waals surface area contributed by atoms with E-state index in [4.69, 9.17) is 49.7 Å². The largest absolute Gasteiger partial charge is 0.491 e. The van der Waals surface area contributed by atoms with Gasteiger partial charge in [0.1, 0.15) is 44.0 Å². The molecule has 0 radical (unpaired) electrons. The fourth-order valence-electron chi connectivity index (χ4n) is 5.96. The maximum atomic E-state index is 13.3. The molecule has 0 bridgehead atoms. The number of hydrogen-bond acceptors (Lipinski definition) is 9. The first kappa shape index (κ1) is 23.9. The minimum Gasteiger partial charge on any atom is -0.491 e. The van der Waals surface area contributed by atoms with E-state index in [1.54, 1.807) is 53.5 Å². The lowest BCUT2D eigenvalue weighted by Gasteiger charge is -2.37. The number of benzene rings is 3. The predicted octanol–water partition coefficient (Wildman–Crippen LogP) is 5.58. The SMILES string of the molecule is [2H]C([2H])([2H])C([2H])([2H])C([2H])(n1ncn(-c2ccc(N3CCN(c4ccc(OC[C@@H]5CO[C@@](Cn6cncn6)(c6ccc(Cl)cc6Cl)O5)cc4)CC3)cc2)c1=O)C([2H])([2H])[2H]. The van der Waals surface area contributed by atoms with E-state index in [0.717, 1.165) is 35.4 Å². The summed E-state index contributed by atoms with van der Waals surface area (Å²) in [6, 6.07) is 16.2. The number of rotatable bonds is 11. The van der Waals surface area contributed by atoms with Gasteiger partial charge in [0.2, 0.25) is 5.79 Å². The number of hydrogen-bond donors (Lipinski definition) is 0. The molecule has 2 fully saturated rings. The van der Waals surface area contributed by atoms with Crippen LogP contribution in [0.15, 0.2) is 90.5 Å². The second-order valence-electron chi connectivity index (χ2n) is 11.5. The van der Waals surface area contributed by atoms with Gasteiger partial charge in [0.25, 0.3) is 0 Å². The normalized spacial score (nSPS) is 24.3. The van der Waals surface area contributed by atoms with Crippen LogP contribution in [0.25, 0.3) is 5.69 Å². The lowest BCUT2D eigenvalue weighted by atomic mass is 10.1. The number of anilines is 2. The molecule has 49 heavy (non-hydrogen) atoms. The zero-order chi connectivity index (χ0) is 41.7. The van der Waals surface area contributed by atoms with Crippen LogP contribution >= 0.6 is 23.2 Å². The molecule has 0 amide bonds. The Morgan fingerprint density at radius 3 is 2.37 bits per heavy atom. The standard InChI is InChI=1S/C35H38Cl2N8O4/c1-3-25(2)45-34(46)44(24-40-45)29-7-5-27(6-8-29)41-14-16-42(17-15-41)28-9-11-30(12-10-28)47-19-31-20-48-35(49-31,21-43-23-38-22-39-43)32-13-4-26(36)18-33(32)37/h4-13,18,22-25,31H,3,14-17,19-21H2,1-2H3/t25?,31-,35-/m1/s1/i1D3,2D3,3D2,25D. The highest BCUT2D eigenvalue weighted by molar-refractivity contribution is 6.35. The molecule has 4 heterocycles. The van der Waals surface area contributed by atoms with Crippen LogP contribution in [0, 0.1) is 0 Å². The average Bonchev–Trinajstić information content (AvgIpc) is 3.94. The molecular formula is C35H38Cl2N8O4. The van der Waals surface area contributed by atoms with Crippen molar-refractivity contribution in [2.45, 2.75) is 44.5 Å². The average molecular weight is 715 g/mol. The molecule has 5 aromatic rings. The smallest absolute Gasteiger partial charge is 0.350 e. The first-order valence-corrected chi connectivity index (χ1v) is 16.2. The Morgan fingerprint density at radius 1 is 1.00 bits per heavy atom. The Bertz CT molecular complexity index is 2270. The third-order valence-electron chi connectivity index (χ3n) is 8.45. The van der Waals surface area contributed by atoms with Gasteiger partial charge in [-0.2, -0.15) is 10.2 Å². The van der Waals surface area contributed by atoms with Crippen molar-refractivity contribution in [3.8, 4) is 11.4 Å². The van der Waals surface area contributed by atoms with Gasteiger partial charge in [0, 0.05) is 59.1 Å². The molecule has 2 saturated heterocycles. The Balaban J connectivity index is 0.948. The van der Waals surface area contributed by atoms with E-state index in [-0.39, 0.29) is 30.1 Å². The highest BCUT2D eigenvalue weighted by atomic mass is 35.5. The maximum absolute atomic E-state index is 13.3. The van der Waals surface area contributed by atoms with Crippen LogP contribution in [0.1, 0.15) is 44.0 Å². The Kier molecular flexibility index (Phi) is 6.95. The van der Waals surface area contributed by atoms with Crippen LogP contribution in [-0.4, -0.2) is 74.6 Å². The molecule has 256 valence electrons. The molecule has 2 aliphatic heterocycles. The van der Waals surface area contributed by atoms with Crippen molar-refractivity contribution in [2.75, 3.05) is 49.2 Å². The van der Waals surface area contributed by atoms with E-state index in [1.165, 1.54) is 6.33 Å². The van der Waals surface area contributed by atoms with Crippen molar-refractivity contribution in [1.82, 2.24) is 29.1 Å². The van der Waals surface area contributed by atoms with Crippen LogP contribution in [0.4, 0.5) is 11.4 Å². The van der Waals surface area contributed by atoms with Gasteiger partial charge < -0.3 is 24.0 Å². The summed E-state index contributed by atoms with van der Waals surface area (Å²) in [4.78, 5) is 21.8. The number of ether oxygens (including phenoxy) is 3. The quantitative estimate of drug-likeness (QED) is 0.174. The van der Waals surface area contributed by atoms with Crippen molar-refractivity contribution in [1.29, 1.82) is 0 Å². The van der Waals surface area contributed by atoms with Gasteiger partial charge in [-0.05, 0) is 73.9 Å². The van der Waals surface area contributed by atoms with E-state index in [1.807, 2.05) is 24.3 Å². The number of piperazine rings is 1. The zero-order valence-corrected chi connectivity index (χ0v) is 27.6. The third kappa shape index (κ3) is 7.04. The topological polar surface area (TPSA) is 105 Å². The highest BCUT2D eigenvalue weighted by Crippen LogP contribution is 2.40. The lowest BCUT2D eigenvalue weighted by Crippen LogP contribution is -2.46. The molecule has 3 aromatic carbocycles. The molecule has 0 aliphatic carbocycles. The summed E-state index contributed by atoms with van der Waals surface area (Å²) >= 11 is 12.7. The van der Waals surface area contributed by atoms with E-state index in [2.05, 4.69) is 25.0 Å². The molecule has 12 nitrogen and oxygen atoms in total. The Hall–Kier alpha value is -4.36. The van der Waals surface area contributed by atoms with Gasteiger partial charge >= 0.3 is 5.69 Å². The molecule has 2 aromatic heterocycles. The number of aromatic nitrogens is 6. The predicted molar refractivity (Wildman–Crippen MR) is 188 cm³/mol. The summed E-state index contributed by atoms with van der Waals surface area (Å²) in [5.74, 6) is -0.554. The van der Waals surface area contributed by atoms with Gasteiger partial charge in [-0.1, -0.05) is 36.1 Å². The second-order valence-corrected chi connectivity index (χ2v) is 12.3. The maximum Gasteiger partial charge on any atom is 0.350 e. The molecule has 14 heteroatoms. The molecule has 0 N–H and O–H groups in total. The summed E-state index contributed by atoms with van der Waals surface area (Å²) in [5.41, 5.74) is 1.61. The molecule has 3 atom stereocenters. The van der Waals surface area contributed by atoms with Crippen molar-refractivity contribution < 1.29 is 26.5 Å². The monoisotopic (exact) mass is 713 g/mol. The first-order valence-electron chi connectivity index (χ1n) is 19.9. The Morgan fingerprint density at radius 2 is 1.71 bits per heavy atom. The highest BCUT2D eigenvalue weighted by Gasteiger charge is 2.45. The van der Waals surface area contributed by atoms with Crippen LogP contribution in [0.2, 0.25) is 10.0 Å². The number of nitrogens with zero attached hydrogens (tertiary/aromatic N) is 8. The molecule has 2 aliphatic rings. The van der Waals surface area contributed by atoms with Crippen molar-refractivity contribution in [2.24, 2.45) is 0 Å². The molecule has 7 rings (SSSR count). The van der Waals surface area contributed by atoms with E-state index in [9.17, 15) is 4.79 Å². The Labute approximate surface area is 307 Å². The summed E-state index contributed by atoms with van der Waals surface area (Å²) in [5, 5.41) is 8.81. The second kappa shape index (κ2) is 14.2. The van der Waals surface area contributed by atoms with Crippen molar-refractivity contribution in [3.05, 3.63) is 112 Å². The first-order chi connectivity index (χ1) is 27.3. The summed E-state index contributed by atoms with van der Waals surface area (Å²) < 4.78 is 92.3. The van der Waals surface area contributed by atoms with Crippen molar-refractivity contribution >= 4 is 34.6 Å². The van der Waals surface area contributed by atoms with Gasteiger partial charge in [-0.15, -0.1) is 0 Å². The minimum absolute atomic E-state index is 0.0872. The molecule has 1 unspecified atom stereocenters.